The highest BCUT2D eigenvalue weighted by Gasteiger charge is 2.50. The summed E-state index contributed by atoms with van der Waals surface area (Å²) in [5.41, 5.74) is 1.46. The van der Waals surface area contributed by atoms with Gasteiger partial charge in [0.05, 0.1) is 5.92 Å². The minimum absolute atomic E-state index is 0.0873. The molecule has 1 atom stereocenters. The van der Waals surface area contributed by atoms with E-state index < -0.39 is 0 Å². The molecule has 5 heteroatoms. The van der Waals surface area contributed by atoms with Crippen molar-refractivity contribution >= 4 is 5.91 Å². The van der Waals surface area contributed by atoms with Gasteiger partial charge in [0.2, 0.25) is 5.91 Å². The van der Waals surface area contributed by atoms with Crippen LogP contribution in [-0.4, -0.2) is 75.7 Å². The normalized spacial score (nSPS) is 22.8. The largest absolute Gasteiger partial charge is 0.381 e. The third-order valence-electron chi connectivity index (χ3n) is 5.94. The Kier molecular flexibility index (Phi) is 6.68. The molecule has 0 saturated carbocycles. The number of benzene rings is 1. The second-order valence-electron chi connectivity index (χ2n) is 8.09. The maximum Gasteiger partial charge on any atom is 0.225 e. The van der Waals surface area contributed by atoms with Crippen LogP contribution in [0.5, 0.6) is 0 Å². The zero-order valence-electron chi connectivity index (χ0n) is 16.2. The van der Waals surface area contributed by atoms with Gasteiger partial charge >= 0.3 is 0 Å². The number of hydrogen-bond donors (Lipinski definition) is 1. The van der Waals surface area contributed by atoms with Crippen molar-refractivity contribution in [3.8, 4) is 0 Å². The molecule has 2 aliphatic rings. The number of likely N-dealkylation sites (tertiary alicyclic amines) is 1. The molecule has 3 rings (SSSR count). The number of hydrogen-bond acceptors (Lipinski definition) is 4. The van der Waals surface area contributed by atoms with E-state index >= 15 is 0 Å². The van der Waals surface area contributed by atoms with Crippen LogP contribution in [0.3, 0.4) is 0 Å². The molecule has 1 aromatic rings. The van der Waals surface area contributed by atoms with Crippen molar-refractivity contribution < 1.29 is 9.53 Å². The van der Waals surface area contributed by atoms with Gasteiger partial charge in [0, 0.05) is 51.4 Å². The lowest BCUT2D eigenvalue weighted by Crippen LogP contribution is -2.45. The summed E-state index contributed by atoms with van der Waals surface area (Å²) in [5.74, 6) is 0.320. The number of ether oxygens (including phenoxy) is 1. The smallest absolute Gasteiger partial charge is 0.225 e. The number of carbonyl (C=O) groups excluding carboxylic acids is 1. The molecular formula is C21H33N3O2. The fourth-order valence-electron chi connectivity index (χ4n) is 4.35. The summed E-state index contributed by atoms with van der Waals surface area (Å²) < 4.78 is 5.60. The lowest BCUT2D eigenvalue weighted by molar-refractivity contribution is -0.129. The SMILES string of the molecule is CN(C)CCNC(=O)C1CN(CCc2ccccc2)CC12CCOCC2. The third-order valence-corrected chi connectivity index (χ3v) is 5.94. The minimum Gasteiger partial charge on any atom is -0.381 e. The van der Waals surface area contributed by atoms with Crippen LogP contribution in [-0.2, 0) is 16.0 Å². The summed E-state index contributed by atoms with van der Waals surface area (Å²) in [6, 6.07) is 10.6. The average molecular weight is 360 g/mol. The van der Waals surface area contributed by atoms with Gasteiger partial charge in [0.1, 0.15) is 0 Å². The van der Waals surface area contributed by atoms with E-state index in [4.69, 9.17) is 4.74 Å². The summed E-state index contributed by atoms with van der Waals surface area (Å²) >= 11 is 0. The van der Waals surface area contributed by atoms with E-state index in [9.17, 15) is 4.79 Å². The Morgan fingerprint density at radius 1 is 1.27 bits per heavy atom. The van der Waals surface area contributed by atoms with Crippen LogP contribution in [0.1, 0.15) is 18.4 Å². The van der Waals surface area contributed by atoms with Crippen molar-refractivity contribution in [2.24, 2.45) is 11.3 Å². The number of carbonyl (C=O) groups is 1. The van der Waals surface area contributed by atoms with Gasteiger partial charge in [-0.2, -0.15) is 0 Å². The average Bonchev–Trinajstić information content (AvgIpc) is 2.99. The fourth-order valence-corrected chi connectivity index (χ4v) is 4.35. The Bertz CT molecular complexity index is 570. The lowest BCUT2D eigenvalue weighted by atomic mass is 9.72. The van der Waals surface area contributed by atoms with Gasteiger partial charge in [0.15, 0.2) is 0 Å². The van der Waals surface area contributed by atoms with Crippen molar-refractivity contribution in [3.05, 3.63) is 35.9 Å². The molecule has 2 aliphatic heterocycles. The highest BCUT2D eigenvalue weighted by Crippen LogP contribution is 2.44. The maximum atomic E-state index is 12.9. The van der Waals surface area contributed by atoms with Gasteiger partial charge in [-0.05, 0) is 38.9 Å². The number of nitrogens with one attached hydrogen (secondary N) is 1. The van der Waals surface area contributed by atoms with E-state index in [-0.39, 0.29) is 17.2 Å². The van der Waals surface area contributed by atoms with E-state index in [0.29, 0.717) is 0 Å². The molecule has 1 spiro atoms. The van der Waals surface area contributed by atoms with E-state index in [0.717, 1.165) is 65.2 Å². The molecule has 0 radical (unpaired) electrons. The Balaban J connectivity index is 1.61. The highest BCUT2D eigenvalue weighted by molar-refractivity contribution is 5.80. The predicted molar refractivity (Wildman–Crippen MR) is 104 cm³/mol. The summed E-state index contributed by atoms with van der Waals surface area (Å²) in [7, 11) is 4.07. The van der Waals surface area contributed by atoms with Crippen molar-refractivity contribution in [1.29, 1.82) is 0 Å². The van der Waals surface area contributed by atoms with Crippen LogP contribution in [0.4, 0.5) is 0 Å². The highest BCUT2D eigenvalue weighted by atomic mass is 16.5. The molecule has 26 heavy (non-hydrogen) atoms. The number of rotatable bonds is 7. The van der Waals surface area contributed by atoms with Gasteiger partial charge < -0.3 is 19.9 Å². The van der Waals surface area contributed by atoms with E-state index in [1.54, 1.807) is 0 Å². The van der Waals surface area contributed by atoms with Crippen molar-refractivity contribution in [3.63, 3.8) is 0 Å². The first-order chi connectivity index (χ1) is 12.6. The molecular weight excluding hydrogens is 326 g/mol. The Morgan fingerprint density at radius 2 is 2.00 bits per heavy atom. The predicted octanol–water partition coefficient (Wildman–Crippen LogP) is 1.64. The molecule has 0 aliphatic carbocycles. The first kappa shape index (κ1) is 19.3. The maximum absolute atomic E-state index is 12.9. The third kappa shape index (κ3) is 4.84. The molecule has 144 valence electrons. The van der Waals surface area contributed by atoms with Gasteiger partial charge in [-0.15, -0.1) is 0 Å². The Labute approximate surface area is 157 Å². The van der Waals surface area contributed by atoms with Crippen LogP contribution < -0.4 is 5.32 Å². The van der Waals surface area contributed by atoms with Crippen LogP contribution >= 0.6 is 0 Å². The van der Waals surface area contributed by atoms with E-state index in [1.807, 2.05) is 14.1 Å². The fraction of sp³-hybridized carbons (Fsp3) is 0.667. The molecule has 1 N–H and O–H groups in total. The zero-order chi connectivity index (χ0) is 18.4. The molecule has 0 aromatic heterocycles. The van der Waals surface area contributed by atoms with Gasteiger partial charge in [-0.3, -0.25) is 4.79 Å². The van der Waals surface area contributed by atoms with Gasteiger partial charge in [0.25, 0.3) is 0 Å². The summed E-state index contributed by atoms with van der Waals surface area (Å²) in [6.07, 6.45) is 3.05. The molecule has 2 saturated heterocycles. The molecule has 0 bridgehead atoms. The summed E-state index contributed by atoms with van der Waals surface area (Å²) in [4.78, 5) is 17.5. The van der Waals surface area contributed by atoms with Crippen molar-refractivity contribution in [2.45, 2.75) is 19.3 Å². The Hall–Kier alpha value is -1.43. The zero-order valence-corrected chi connectivity index (χ0v) is 16.2. The number of likely N-dealkylation sites (N-methyl/N-ethyl adjacent to an activating group) is 1. The standard InChI is InChI=1S/C21H33N3O2/c1-23(2)13-11-22-20(25)19-16-24(12-8-18-6-4-3-5-7-18)17-21(19)9-14-26-15-10-21/h3-7,19H,8-17H2,1-2H3,(H,22,25). The minimum atomic E-state index is 0.0873. The number of nitrogens with zero attached hydrogens (tertiary/aromatic N) is 2. The first-order valence-electron chi connectivity index (χ1n) is 9.85. The molecule has 1 unspecified atom stereocenters. The van der Waals surface area contributed by atoms with Gasteiger partial charge in [-0.25, -0.2) is 0 Å². The monoisotopic (exact) mass is 359 g/mol. The Morgan fingerprint density at radius 3 is 2.69 bits per heavy atom. The second kappa shape index (κ2) is 8.98. The topological polar surface area (TPSA) is 44.8 Å². The van der Waals surface area contributed by atoms with E-state index in [1.165, 1.54) is 5.56 Å². The molecule has 2 heterocycles. The molecule has 1 aromatic carbocycles. The quantitative estimate of drug-likeness (QED) is 0.804. The van der Waals surface area contributed by atoms with Crippen LogP contribution in [0.15, 0.2) is 30.3 Å². The lowest BCUT2D eigenvalue weighted by Gasteiger charge is -2.37. The van der Waals surface area contributed by atoms with Crippen LogP contribution in [0.25, 0.3) is 0 Å². The number of amides is 1. The summed E-state index contributed by atoms with van der Waals surface area (Å²) in [5, 5.41) is 3.17. The summed E-state index contributed by atoms with van der Waals surface area (Å²) in [6.45, 7) is 6.09. The molecule has 2 fully saturated rings. The van der Waals surface area contributed by atoms with Crippen molar-refractivity contribution in [1.82, 2.24) is 15.1 Å². The van der Waals surface area contributed by atoms with Gasteiger partial charge in [-0.1, -0.05) is 30.3 Å². The molecule has 5 nitrogen and oxygen atoms in total. The van der Waals surface area contributed by atoms with Crippen LogP contribution in [0, 0.1) is 11.3 Å². The molecule has 1 amide bonds. The second-order valence-corrected chi connectivity index (χ2v) is 8.09. The van der Waals surface area contributed by atoms with Crippen LogP contribution in [0.2, 0.25) is 0 Å². The van der Waals surface area contributed by atoms with Crippen molar-refractivity contribution in [2.75, 3.05) is 60.0 Å². The first-order valence-corrected chi connectivity index (χ1v) is 9.85. The van der Waals surface area contributed by atoms with E-state index in [2.05, 4.69) is 45.4 Å².